The molecule has 8 nitrogen and oxygen atoms in total. The van der Waals surface area contributed by atoms with Crippen LogP contribution < -0.4 is 10.6 Å². The van der Waals surface area contributed by atoms with E-state index in [1.54, 1.807) is 6.07 Å². The number of hydrogen-bond donors (Lipinski definition) is 2. The van der Waals surface area contributed by atoms with E-state index in [1.807, 2.05) is 0 Å². The van der Waals surface area contributed by atoms with Crippen LogP contribution in [0.25, 0.3) is 0 Å². The van der Waals surface area contributed by atoms with E-state index in [9.17, 15) is 19.2 Å². The SMILES string of the molecule is COC(=O)c1ccc(NC(=O)CN2C(=O)NC(C)(c3ccc(Cl)c(Cl)c3)C2=O)cc1. The van der Waals surface area contributed by atoms with Gasteiger partial charge in [-0.25, -0.2) is 9.59 Å². The molecule has 1 saturated heterocycles. The second kappa shape index (κ2) is 8.33. The fourth-order valence-corrected chi connectivity index (χ4v) is 3.29. The van der Waals surface area contributed by atoms with Gasteiger partial charge in [-0.05, 0) is 48.9 Å². The first kappa shape index (κ1) is 21.6. The van der Waals surface area contributed by atoms with E-state index < -0.39 is 35.9 Å². The second-order valence-electron chi connectivity index (χ2n) is 6.69. The van der Waals surface area contributed by atoms with Gasteiger partial charge >= 0.3 is 12.0 Å². The lowest BCUT2D eigenvalue weighted by molar-refractivity contribution is -0.133. The Bertz CT molecular complexity index is 1040. The maximum Gasteiger partial charge on any atom is 0.337 e. The maximum atomic E-state index is 12.9. The van der Waals surface area contributed by atoms with E-state index in [1.165, 1.54) is 50.4 Å². The Morgan fingerprint density at radius 2 is 1.77 bits per heavy atom. The number of halogens is 2. The molecule has 1 atom stereocenters. The van der Waals surface area contributed by atoms with Gasteiger partial charge in [0.05, 0.1) is 22.7 Å². The summed E-state index contributed by atoms with van der Waals surface area (Å²) in [5.41, 5.74) is -0.223. The summed E-state index contributed by atoms with van der Waals surface area (Å²) in [5, 5.41) is 5.72. The van der Waals surface area contributed by atoms with Gasteiger partial charge in [-0.15, -0.1) is 0 Å². The summed E-state index contributed by atoms with van der Waals surface area (Å²) >= 11 is 11.9. The number of anilines is 1. The highest BCUT2D eigenvalue weighted by atomic mass is 35.5. The molecule has 156 valence electrons. The number of nitrogens with one attached hydrogen (secondary N) is 2. The number of ether oxygens (including phenoxy) is 1. The molecule has 1 unspecified atom stereocenters. The summed E-state index contributed by atoms with van der Waals surface area (Å²) in [5.74, 6) is -1.68. The number of rotatable bonds is 5. The van der Waals surface area contributed by atoms with Crippen LogP contribution >= 0.6 is 23.2 Å². The number of amides is 4. The van der Waals surface area contributed by atoms with Crippen LogP contribution in [0.5, 0.6) is 0 Å². The maximum absolute atomic E-state index is 12.9. The standard InChI is InChI=1S/C20H17Cl2N3O5/c1-20(12-5-8-14(21)15(22)9-12)18(28)25(19(29)24-20)10-16(26)23-13-6-3-11(4-7-13)17(27)30-2/h3-9H,10H2,1-2H3,(H,23,26)(H,24,29). The van der Waals surface area contributed by atoms with Gasteiger partial charge < -0.3 is 15.4 Å². The van der Waals surface area contributed by atoms with Crippen LogP contribution in [0.4, 0.5) is 10.5 Å². The molecule has 30 heavy (non-hydrogen) atoms. The predicted octanol–water partition coefficient (Wildman–Crippen LogP) is 3.19. The molecule has 4 amide bonds. The number of urea groups is 1. The zero-order chi connectivity index (χ0) is 22.1. The Morgan fingerprint density at radius 1 is 1.10 bits per heavy atom. The van der Waals surface area contributed by atoms with Gasteiger partial charge in [0.2, 0.25) is 5.91 Å². The smallest absolute Gasteiger partial charge is 0.337 e. The van der Waals surface area contributed by atoms with Crippen molar-refractivity contribution in [2.24, 2.45) is 0 Å². The largest absolute Gasteiger partial charge is 0.465 e. The molecular weight excluding hydrogens is 433 g/mol. The van der Waals surface area contributed by atoms with E-state index in [-0.39, 0.29) is 5.02 Å². The molecule has 1 aliphatic rings. The highest BCUT2D eigenvalue weighted by molar-refractivity contribution is 6.42. The Labute approximate surface area is 182 Å². The van der Waals surface area contributed by atoms with Crippen molar-refractivity contribution in [2.75, 3.05) is 19.0 Å². The van der Waals surface area contributed by atoms with Crippen LogP contribution in [0, 0.1) is 0 Å². The molecule has 2 aromatic carbocycles. The number of carbonyl (C=O) groups excluding carboxylic acids is 4. The summed E-state index contributed by atoms with van der Waals surface area (Å²) in [6, 6.07) is 9.88. The van der Waals surface area contributed by atoms with Crippen molar-refractivity contribution in [3.63, 3.8) is 0 Å². The number of carbonyl (C=O) groups is 4. The third-order valence-electron chi connectivity index (χ3n) is 4.66. The minimum Gasteiger partial charge on any atom is -0.465 e. The Hall–Kier alpha value is -3.10. The third-order valence-corrected chi connectivity index (χ3v) is 5.40. The molecule has 0 bridgehead atoms. The molecule has 0 aromatic heterocycles. The predicted molar refractivity (Wildman–Crippen MR) is 110 cm³/mol. The summed E-state index contributed by atoms with van der Waals surface area (Å²) < 4.78 is 4.61. The van der Waals surface area contributed by atoms with Crippen molar-refractivity contribution >= 4 is 52.7 Å². The van der Waals surface area contributed by atoms with Crippen LogP contribution in [-0.2, 0) is 19.9 Å². The van der Waals surface area contributed by atoms with Crippen LogP contribution in [0.2, 0.25) is 10.0 Å². The highest BCUT2D eigenvalue weighted by Gasteiger charge is 2.49. The molecule has 2 N–H and O–H groups in total. The lowest BCUT2D eigenvalue weighted by Gasteiger charge is -2.22. The lowest BCUT2D eigenvalue weighted by Crippen LogP contribution is -2.42. The molecule has 10 heteroatoms. The van der Waals surface area contributed by atoms with E-state index in [2.05, 4.69) is 15.4 Å². The first-order valence-corrected chi connectivity index (χ1v) is 9.49. The summed E-state index contributed by atoms with van der Waals surface area (Å²) in [6.45, 7) is 1.04. The Balaban J connectivity index is 1.71. The number of benzene rings is 2. The van der Waals surface area contributed by atoms with Crippen molar-refractivity contribution in [3.05, 3.63) is 63.6 Å². The molecule has 1 fully saturated rings. The normalized spacial score (nSPS) is 18.2. The Morgan fingerprint density at radius 3 is 2.37 bits per heavy atom. The van der Waals surface area contributed by atoms with Crippen molar-refractivity contribution in [3.8, 4) is 0 Å². The molecule has 0 radical (unpaired) electrons. The van der Waals surface area contributed by atoms with Gasteiger partial charge in [0.15, 0.2) is 0 Å². The minimum atomic E-state index is -1.38. The lowest BCUT2D eigenvalue weighted by atomic mass is 9.92. The number of imide groups is 1. The minimum absolute atomic E-state index is 0.240. The monoisotopic (exact) mass is 449 g/mol. The Kier molecular flexibility index (Phi) is 6.00. The van der Waals surface area contributed by atoms with Crippen LogP contribution in [0.1, 0.15) is 22.8 Å². The summed E-state index contributed by atoms with van der Waals surface area (Å²) in [6.07, 6.45) is 0. The van der Waals surface area contributed by atoms with Crippen LogP contribution in [0.15, 0.2) is 42.5 Å². The fourth-order valence-electron chi connectivity index (χ4n) is 2.99. The fraction of sp³-hybridized carbons (Fsp3) is 0.200. The quantitative estimate of drug-likeness (QED) is 0.538. The molecular formula is C20H17Cl2N3O5. The van der Waals surface area contributed by atoms with Crippen LogP contribution in [-0.4, -0.2) is 42.4 Å². The first-order valence-electron chi connectivity index (χ1n) is 8.73. The van der Waals surface area contributed by atoms with Gasteiger partial charge in [0, 0.05) is 5.69 Å². The van der Waals surface area contributed by atoms with Crippen molar-refractivity contribution in [2.45, 2.75) is 12.5 Å². The average molecular weight is 450 g/mol. The number of nitrogens with zero attached hydrogens (tertiary/aromatic N) is 1. The molecule has 1 aliphatic heterocycles. The molecule has 0 saturated carbocycles. The highest BCUT2D eigenvalue weighted by Crippen LogP contribution is 2.33. The molecule has 2 aromatic rings. The topological polar surface area (TPSA) is 105 Å². The summed E-state index contributed by atoms with van der Waals surface area (Å²) in [7, 11) is 1.27. The number of esters is 1. The summed E-state index contributed by atoms with van der Waals surface area (Å²) in [4.78, 5) is 49.9. The van der Waals surface area contributed by atoms with Gasteiger partial charge in [0.25, 0.3) is 5.91 Å². The van der Waals surface area contributed by atoms with Crippen molar-refractivity contribution in [1.82, 2.24) is 10.2 Å². The van der Waals surface area contributed by atoms with E-state index in [4.69, 9.17) is 23.2 Å². The third kappa shape index (κ3) is 4.10. The van der Waals surface area contributed by atoms with Gasteiger partial charge in [-0.2, -0.15) is 0 Å². The second-order valence-corrected chi connectivity index (χ2v) is 7.51. The van der Waals surface area contributed by atoms with Crippen molar-refractivity contribution < 1.29 is 23.9 Å². The van der Waals surface area contributed by atoms with Crippen molar-refractivity contribution in [1.29, 1.82) is 0 Å². The molecule has 1 heterocycles. The molecule has 0 spiro atoms. The first-order chi connectivity index (χ1) is 14.2. The zero-order valence-corrected chi connectivity index (χ0v) is 17.5. The van der Waals surface area contributed by atoms with Gasteiger partial charge in [-0.1, -0.05) is 29.3 Å². The van der Waals surface area contributed by atoms with E-state index in [0.717, 1.165) is 4.90 Å². The number of hydrogen-bond acceptors (Lipinski definition) is 5. The van der Waals surface area contributed by atoms with Crippen LogP contribution in [0.3, 0.4) is 0 Å². The number of methoxy groups -OCH3 is 1. The van der Waals surface area contributed by atoms with Gasteiger partial charge in [-0.3, -0.25) is 14.5 Å². The molecule has 3 rings (SSSR count). The zero-order valence-electron chi connectivity index (χ0n) is 16.0. The van der Waals surface area contributed by atoms with E-state index in [0.29, 0.717) is 21.8 Å². The molecule has 0 aliphatic carbocycles. The average Bonchev–Trinajstić information content (AvgIpc) is 2.94. The van der Waals surface area contributed by atoms with E-state index >= 15 is 0 Å². The van der Waals surface area contributed by atoms with Gasteiger partial charge in [0.1, 0.15) is 12.1 Å².